The Bertz CT molecular complexity index is 516. The molecular formula is C14H19N3O3S. The quantitative estimate of drug-likeness (QED) is 0.433. The van der Waals surface area contributed by atoms with Gasteiger partial charge in [0.2, 0.25) is 0 Å². The second-order valence-corrected chi connectivity index (χ2v) is 5.02. The Hall–Kier alpha value is -1.86. The van der Waals surface area contributed by atoms with Gasteiger partial charge < -0.3 is 19.9 Å². The number of nitrogens with one attached hydrogen (secondary N) is 2. The number of aromatic hydroxyl groups is 1. The van der Waals surface area contributed by atoms with E-state index in [2.05, 4.69) is 15.8 Å². The minimum atomic E-state index is 0.0452. The number of nitrogens with zero attached hydrogens (tertiary/aromatic N) is 1. The van der Waals surface area contributed by atoms with Gasteiger partial charge in [0.15, 0.2) is 16.6 Å². The molecule has 1 saturated heterocycles. The molecule has 0 aromatic heterocycles. The van der Waals surface area contributed by atoms with Crippen molar-refractivity contribution in [2.75, 3.05) is 20.3 Å². The molecule has 0 saturated carbocycles. The highest BCUT2D eigenvalue weighted by Gasteiger charge is 2.15. The summed E-state index contributed by atoms with van der Waals surface area (Å²) in [6.45, 7) is 1.49. The summed E-state index contributed by atoms with van der Waals surface area (Å²) >= 11 is 5.11. The zero-order chi connectivity index (χ0) is 15.1. The first-order valence-corrected chi connectivity index (χ1v) is 7.16. The molecule has 0 radical (unpaired) electrons. The molecule has 1 aromatic carbocycles. The van der Waals surface area contributed by atoms with Gasteiger partial charge in [-0.1, -0.05) is 6.07 Å². The highest BCUT2D eigenvalue weighted by Crippen LogP contribution is 2.27. The Kier molecular flexibility index (Phi) is 5.77. The fourth-order valence-corrected chi connectivity index (χ4v) is 2.16. The molecule has 1 fully saturated rings. The fourth-order valence-electron chi connectivity index (χ4n) is 2.02. The molecule has 7 heteroatoms. The maximum atomic E-state index is 9.89. The van der Waals surface area contributed by atoms with E-state index >= 15 is 0 Å². The third-order valence-corrected chi connectivity index (χ3v) is 3.37. The maximum absolute atomic E-state index is 9.89. The molecule has 0 bridgehead atoms. The summed E-state index contributed by atoms with van der Waals surface area (Å²) in [7, 11) is 1.50. The van der Waals surface area contributed by atoms with Gasteiger partial charge in [0.25, 0.3) is 0 Å². The molecule has 0 amide bonds. The van der Waals surface area contributed by atoms with Crippen molar-refractivity contribution in [3.05, 3.63) is 23.8 Å². The fraction of sp³-hybridized carbons (Fsp3) is 0.429. The lowest BCUT2D eigenvalue weighted by Gasteiger charge is -2.11. The van der Waals surface area contributed by atoms with E-state index in [0.29, 0.717) is 23.0 Å². The average molecular weight is 309 g/mol. The zero-order valence-corrected chi connectivity index (χ0v) is 12.7. The molecule has 1 aliphatic rings. The predicted octanol–water partition coefficient (Wildman–Crippen LogP) is 1.38. The van der Waals surface area contributed by atoms with Crippen LogP contribution in [0.5, 0.6) is 11.5 Å². The Morgan fingerprint density at radius 3 is 3.19 bits per heavy atom. The number of hydrazone groups is 1. The standard InChI is InChI=1S/C14H19N3O3S/c1-19-12-6-2-4-10(13(12)18)8-16-17-14(21)15-9-11-5-3-7-20-11/h2,4,6,8,11,18H,3,5,7,9H2,1H3,(H2,15,17,21)/b16-8+/t11-/m0/s1. The first-order valence-electron chi connectivity index (χ1n) is 6.75. The van der Waals surface area contributed by atoms with Crippen molar-refractivity contribution < 1.29 is 14.6 Å². The van der Waals surface area contributed by atoms with Crippen LogP contribution in [0.15, 0.2) is 23.3 Å². The van der Waals surface area contributed by atoms with Gasteiger partial charge in [-0.3, -0.25) is 5.43 Å². The van der Waals surface area contributed by atoms with Crippen LogP contribution in [0.4, 0.5) is 0 Å². The van der Waals surface area contributed by atoms with Gasteiger partial charge in [-0.2, -0.15) is 5.10 Å². The molecule has 1 aromatic rings. The maximum Gasteiger partial charge on any atom is 0.187 e. The smallest absolute Gasteiger partial charge is 0.187 e. The number of benzene rings is 1. The highest BCUT2D eigenvalue weighted by molar-refractivity contribution is 7.80. The average Bonchev–Trinajstić information content (AvgIpc) is 3.00. The second kappa shape index (κ2) is 7.80. The topological polar surface area (TPSA) is 75.1 Å². The van der Waals surface area contributed by atoms with Crippen LogP contribution in [-0.2, 0) is 4.74 Å². The number of phenolic OH excluding ortho intramolecular Hbond substituents is 1. The summed E-state index contributed by atoms with van der Waals surface area (Å²) in [5.41, 5.74) is 3.25. The van der Waals surface area contributed by atoms with Gasteiger partial charge in [-0.05, 0) is 37.2 Å². The summed E-state index contributed by atoms with van der Waals surface area (Å²) in [5, 5.41) is 17.3. The van der Waals surface area contributed by atoms with Crippen molar-refractivity contribution >= 4 is 23.5 Å². The van der Waals surface area contributed by atoms with Crippen molar-refractivity contribution in [2.45, 2.75) is 18.9 Å². The molecule has 1 aliphatic heterocycles. The van der Waals surface area contributed by atoms with Crippen molar-refractivity contribution in [3.8, 4) is 11.5 Å². The molecule has 21 heavy (non-hydrogen) atoms. The third-order valence-electron chi connectivity index (χ3n) is 3.13. The first-order chi connectivity index (χ1) is 10.2. The van der Waals surface area contributed by atoms with Gasteiger partial charge in [-0.15, -0.1) is 0 Å². The molecule has 2 rings (SSSR count). The molecule has 6 nitrogen and oxygen atoms in total. The van der Waals surface area contributed by atoms with Crippen LogP contribution in [-0.4, -0.2) is 42.8 Å². The monoisotopic (exact) mass is 309 g/mol. The van der Waals surface area contributed by atoms with E-state index in [9.17, 15) is 5.11 Å². The lowest BCUT2D eigenvalue weighted by molar-refractivity contribution is 0.114. The van der Waals surface area contributed by atoms with Crippen LogP contribution in [0.2, 0.25) is 0 Å². The summed E-state index contributed by atoms with van der Waals surface area (Å²) in [6, 6.07) is 5.17. The minimum absolute atomic E-state index is 0.0452. The van der Waals surface area contributed by atoms with Crippen molar-refractivity contribution in [1.82, 2.24) is 10.7 Å². The van der Waals surface area contributed by atoms with Crippen molar-refractivity contribution in [3.63, 3.8) is 0 Å². The van der Waals surface area contributed by atoms with E-state index in [1.165, 1.54) is 13.3 Å². The van der Waals surface area contributed by atoms with Crippen LogP contribution < -0.4 is 15.5 Å². The summed E-state index contributed by atoms with van der Waals surface area (Å²) in [5.74, 6) is 0.446. The minimum Gasteiger partial charge on any atom is -0.504 e. The number of thiocarbonyl (C=S) groups is 1. The van der Waals surface area contributed by atoms with Gasteiger partial charge in [-0.25, -0.2) is 0 Å². The van der Waals surface area contributed by atoms with Crippen LogP contribution in [0, 0.1) is 0 Å². The summed E-state index contributed by atoms with van der Waals surface area (Å²) in [4.78, 5) is 0. The van der Waals surface area contributed by atoms with E-state index in [0.717, 1.165) is 19.4 Å². The Balaban J connectivity index is 1.80. The molecule has 1 atom stereocenters. The van der Waals surface area contributed by atoms with E-state index in [-0.39, 0.29) is 11.9 Å². The zero-order valence-electron chi connectivity index (χ0n) is 11.8. The second-order valence-electron chi connectivity index (χ2n) is 4.61. The van der Waals surface area contributed by atoms with Gasteiger partial charge in [0.1, 0.15) is 0 Å². The van der Waals surface area contributed by atoms with E-state index in [4.69, 9.17) is 21.7 Å². The highest BCUT2D eigenvalue weighted by atomic mass is 32.1. The summed E-state index contributed by atoms with van der Waals surface area (Å²) in [6.07, 6.45) is 3.85. The number of hydrogen-bond acceptors (Lipinski definition) is 5. The van der Waals surface area contributed by atoms with Crippen LogP contribution in [0.25, 0.3) is 0 Å². The largest absolute Gasteiger partial charge is 0.504 e. The van der Waals surface area contributed by atoms with Crippen molar-refractivity contribution in [2.24, 2.45) is 5.10 Å². The molecule has 0 spiro atoms. The van der Waals surface area contributed by atoms with Crippen LogP contribution in [0.3, 0.4) is 0 Å². The first kappa shape index (κ1) is 15.5. The molecular weight excluding hydrogens is 290 g/mol. The van der Waals surface area contributed by atoms with Gasteiger partial charge in [0, 0.05) is 18.7 Å². The van der Waals surface area contributed by atoms with Gasteiger partial charge in [0.05, 0.1) is 19.4 Å². The number of rotatable bonds is 5. The lowest BCUT2D eigenvalue weighted by atomic mass is 10.2. The third kappa shape index (κ3) is 4.57. The van der Waals surface area contributed by atoms with Crippen LogP contribution >= 0.6 is 12.2 Å². The van der Waals surface area contributed by atoms with Crippen molar-refractivity contribution in [1.29, 1.82) is 0 Å². The summed E-state index contributed by atoms with van der Waals surface area (Å²) < 4.78 is 10.5. The normalized spacial score (nSPS) is 17.9. The van der Waals surface area contributed by atoms with Crippen LogP contribution in [0.1, 0.15) is 18.4 Å². The molecule has 1 heterocycles. The number of phenols is 1. The number of hydrogen-bond donors (Lipinski definition) is 3. The number of ether oxygens (including phenoxy) is 2. The Labute approximate surface area is 129 Å². The van der Waals surface area contributed by atoms with E-state index in [1.54, 1.807) is 18.2 Å². The molecule has 3 N–H and O–H groups in total. The number of methoxy groups -OCH3 is 1. The number of para-hydroxylation sites is 1. The predicted molar refractivity (Wildman–Crippen MR) is 85.0 cm³/mol. The Morgan fingerprint density at radius 1 is 1.62 bits per heavy atom. The lowest BCUT2D eigenvalue weighted by Crippen LogP contribution is -2.37. The SMILES string of the molecule is COc1cccc(/C=N/NC(=S)NC[C@@H]2CCCO2)c1O. The van der Waals surface area contributed by atoms with Gasteiger partial charge >= 0.3 is 0 Å². The van der Waals surface area contributed by atoms with E-state index in [1.807, 2.05) is 0 Å². The molecule has 114 valence electrons. The van der Waals surface area contributed by atoms with E-state index < -0.39 is 0 Å². The molecule has 0 aliphatic carbocycles. The molecule has 0 unspecified atom stereocenters. The Morgan fingerprint density at radius 2 is 2.48 bits per heavy atom.